The molecule has 2 aromatic carbocycles. The fourth-order valence-corrected chi connectivity index (χ4v) is 20.9. The van der Waals surface area contributed by atoms with Crippen LogP contribution in [-0.2, 0) is 24.2 Å². The first-order valence-corrected chi connectivity index (χ1v) is 19.4. The van der Waals surface area contributed by atoms with Crippen LogP contribution in [0.4, 0.5) is 0 Å². The summed E-state index contributed by atoms with van der Waals surface area (Å²) >= 11 is -4.24. The first-order valence-electron chi connectivity index (χ1n) is 11.8. The number of hydrogen-bond donors (Lipinski definition) is 0. The third-order valence-electron chi connectivity index (χ3n) is 6.52. The molecule has 0 N–H and O–H groups in total. The molecule has 172 valence electrons. The second kappa shape index (κ2) is 12.4. The van der Waals surface area contributed by atoms with Crippen LogP contribution in [0.1, 0.15) is 41.5 Å². The van der Waals surface area contributed by atoms with Gasteiger partial charge in [-0.25, -0.2) is 0 Å². The average Bonchev–Trinajstić information content (AvgIpc) is 2.82. The van der Waals surface area contributed by atoms with E-state index >= 15 is 0 Å². The van der Waals surface area contributed by atoms with E-state index in [4.69, 9.17) is 12.7 Å². The molecule has 2 aromatic rings. The van der Waals surface area contributed by atoms with Gasteiger partial charge >= 0.3 is 197 Å². The van der Waals surface area contributed by atoms with Crippen LogP contribution >= 0.6 is 0 Å². The molecule has 0 aliphatic rings. The Morgan fingerprint density at radius 3 is 1.06 bits per heavy atom. The van der Waals surface area contributed by atoms with E-state index in [9.17, 15) is 0 Å². The Morgan fingerprint density at radius 1 is 0.516 bits per heavy atom. The van der Waals surface area contributed by atoms with Gasteiger partial charge in [-0.3, -0.25) is 0 Å². The second-order valence-corrected chi connectivity index (χ2v) is 21.5. The molecule has 0 atom stereocenters. The van der Waals surface area contributed by atoms with Crippen LogP contribution in [0.15, 0.2) is 60.7 Å². The molecular formula is C24H40O4Si2Ti. The van der Waals surface area contributed by atoms with Crippen molar-refractivity contribution in [2.75, 3.05) is 0 Å². The van der Waals surface area contributed by atoms with Gasteiger partial charge in [0.2, 0.25) is 0 Å². The van der Waals surface area contributed by atoms with Crippen molar-refractivity contribution >= 4 is 16.6 Å². The third kappa shape index (κ3) is 7.04. The van der Waals surface area contributed by atoms with Crippen LogP contribution in [0.3, 0.4) is 0 Å². The van der Waals surface area contributed by atoms with E-state index in [1.165, 1.54) is 0 Å². The molecule has 0 saturated heterocycles. The van der Waals surface area contributed by atoms with Gasteiger partial charge in [-0.2, -0.15) is 0 Å². The first-order chi connectivity index (χ1) is 14.9. The molecule has 0 heterocycles. The summed E-state index contributed by atoms with van der Waals surface area (Å²) < 4.78 is 27.7. The van der Waals surface area contributed by atoms with Crippen LogP contribution in [0, 0.1) is 0 Å². The second-order valence-electron chi connectivity index (χ2n) is 8.02. The van der Waals surface area contributed by atoms with Crippen LogP contribution < -0.4 is 6.64 Å². The zero-order valence-electron chi connectivity index (χ0n) is 20.1. The molecule has 31 heavy (non-hydrogen) atoms. The molecule has 0 unspecified atom stereocenters. The Hall–Kier alpha value is -0.892. The SMILES string of the molecule is CC[Si](CC)(CC)[O][Ti]([O]c1ccccc1)([O]c1ccccc1)[O][Si](CC)(CC)CC. The summed E-state index contributed by atoms with van der Waals surface area (Å²) in [5.74, 6) is 1.52. The molecule has 0 bridgehead atoms. The molecule has 2 rings (SSSR count). The van der Waals surface area contributed by atoms with E-state index in [-0.39, 0.29) is 0 Å². The predicted octanol–water partition coefficient (Wildman–Crippen LogP) is 8.00. The number of rotatable bonds is 14. The first kappa shape index (κ1) is 26.4. The molecule has 7 heteroatoms. The zero-order valence-corrected chi connectivity index (χ0v) is 23.7. The zero-order chi connectivity index (χ0) is 22.8. The Labute approximate surface area is 196 Å². The normalized spacial score (nSPS) is 12.6. The van der Waals surface area contributed by atoms with Gasteiger partial charge in [-0.15, -0.1) is 0 Å². The van der Waals surface area contributed by atoms with Gasteiger partial charge in [0.05, 0.1) is 0 Å². The van der Waals surface area contributed by atoms with E-state index in [0.717, 1.165) is 47.8 Å². The van der Waals surface area contributed by atoms with E-state index in [0.29, 0.717) is 0 Å². The van der Waals surface area contributed by atoms with Gasteiger partial charge in [-0.05, 0) is 0 Å². The number of para-hydroxylation sites is 2. The predicted molar refractivity (Wildman–Crippen MR) is 131 cm³/mol. The minimum atomic E-state index is -4.24. The fraction of sp³-hybridized carbons (Fsp3) is 0.500. The van der Waals surface area contributed by atoms with E-state index < -0.39 is 34.8 Å². The number of benzene rings is 2. The standard InChI is InChI=1S/2C6H15OSi.2C6H6O.Ti/c2*1-4-8(7,5-2)6-3;2*7-6-4-2-1-3-5-6;/h2*4-6H2,1-3H3;2*1-5,7H;/q2*-1;;;+4/p-2. The molecule has 0 saturated carbocycles. The summed E-state index contributed by atoms with van der Waals surface area (Å²) in [6, 6.07) is 25.9. The fourth-order valence-electron chi connectivity index (χ4n) is 3.85. The molecule has 0 aliphatic carbocycles. The maximum atomic E-state index is 7.14. The van der Waals surface area contributed by atoms with Gasteiger partial charge in [0.15, 0.2) is 0 Å². The van der Waals surface area contributed by atoms with Crippen molar-refractivity contribution in [1.82, 2.24) is 0 Å². The van der Waals surface area contributed by atoms with Gasteiger partial charge in [0, 0.05) is 0 Å². The van der Waals surface area contributed by atoms with Crippen LogP contribution in [0.5, 0.6) is 11.5 Å². The van der Waals surface area contributed by atoms with E-state index in [1.807, 2.05) is 60.7 Å². The Kier molecular flexibility index (Phi) is 10.5. The van der Waals surface area contributed by atoms with Crippen molar-refractivity contribution in [3.63, 3.8) is 0 Å². The van der Waals surface area contributed by atoms with Crippen molar-refractivity contribution in [2.24, 2.45) is 0 Å². The van der Waals surface area contributed by atoms with Gasteiger partial charge in [0.1, 0.15) is 0 Å². The average molecular weight is 497 g/mol. The molecular weight excluding hydrogens is 456 g/mol. The Balaban J connectivity index is 2.61. The summed E-state index contributed by atoms with van der Waals surface area (Å²) in [4.78, 5) is 0. The summed E-state index contributed by atoms with van der Waals surface area (Å²) in [5, 5.41) is 0. The molecule has 0 aromatic heterocycles. The summed E-state index contributed by atoms with van der Waals surface area (Å²) in [7, 11) is -4.14. The molecule has 0 aliphatic heterocycles. The van der Waals surface area contributed by atoms with Crippen molar-refractivity contribution in [2.45, 2.75) is 77.8 Å². The van der Waals surface area contributed by atoms with Crippen molar-refractivity contribution < 1.29 is 30.8 Å². The maximum absolute atomic E-state index is 7.14. The number of hydrogen-bond acceptors (Lipinski definition) is 4. The molecule has 0 amide bonds. The van der Waals surface area contributed by atoms with E-state index in [2.05, 4.69) is 41.5 Å². The van der Waals surface area contributed by atoms with Gasteiger partial charge in [-0.1, -0.05) is 0 Å². The summed E-state index contributed by atoms with van der Waals surface area (Å²) in [5.41, 5.74) is 0. The van der Waals surface area contributed by atoms with E-state index in [1.54, 1.807) is 0 Å². The van der Waals surface area contributed by atoms with Gasteiger partial charge < -0.3 is 0 Å². The molecule has 0 spiro atoms. The molecule has 0 radical (unpaired) electrons. The third-order valence-corrected chi connectivity index (χ3v) is 23.5. The van der Waals surface area contributed by atoms with Crippen molar-refractivity contribution in [1.29, 1.82) is 0 Å². The topological polar surface area (TPSA) is 36.9 Å². The van der Waals surface area contributed by atoms with Crippen LogP contribution in [0.2, 0.25) is 36.3 Å². The Bertz CT molecular complexity index is 671. The molecule has 0 fully saturated rings. The quantitative estimate of drug-likeness (QED) is 0.248. The summed E-state index contributed by atoms with van der Waals surface area (Å²) in [6.45, 7) is 13.4. The van der Waals surface area contributed by atoms with Crippen molar-refractivity contribution in [3.05, 3.63) is 60.7 Å². The Morgan fingerprint density at radius 2 is 0.806 bits per heavy atom. The van der Waals surface area contributed by atoms with Gasteiger partial charge in [0.25, 0.3) is 0 Å². The molecule has 4 nitrogen and oxygen atoms in total. The van der Waals surface area contributed by atoms with Crippen LogP contribution in [-0.4, -0.2) is 16.6 Å². The van der Waals surface area contributed by atoms with Crippen LogP contribution in [0.25, 0.3) is 0 Å². The monoisotopic (exact) mass is 496 g/mol. The minimum absolute atomic E-state index is 0.760. The van der Waals surface area contributed by atoms with Crippen molar-refractivity contribution in [3.8, 4) is 11.5 Å². The summed E-state index contributed by atoms with van der Waals surface area (Å²) in [6.07, 6.45) is 0.